The first-order chi connectivity index (χ1) is 13.2. The summed E-state index contributed by atoms with van der Waals surface area (Å²) in [5.41, 5.74) is 1.60. The third-order valence-electron chi connectivity index (χ3n) is 3.78. The van der Waals surface area contributed by atoms with Gasteiger partial charge in [0, 0.05) is 30.6 Å². The van der Waals surface area contributed by atoms with Gasteiger partial charge in [0.25, 0.3) is 11.8 Å². The van der Waals surface area contributed by atoms with Crippen LogP contribution in [0.2, 0.25) is 0 Å². The van der Waals surface area contributed by atoms with Crippen molar-refractivity contribution in [3.63, 3.8) is 0 Å². The van der Waals surface area contributed by atoms with E-state index < -0.39 is 0 Å². The molecule has 0 saturated heterocycles. The van der Waals surface area contributed by atoms with Crippen LogP contribution in [0.4, 0.5) is 0 Å². The second-order valence-electron chi connectivity index (χ2n) is 5.76. The number of pyridine rings is 1. The average molecular weight is 361 g/mol. The summed E-state index contributed by atoms with van der Waals surface area (Å²) < 4.78 is 5.26. The van der Waals surface area contributed by atoms with Crippen LogP contribution < -0.4 is 10.6 Å². The molecule has 0 atom stereocenters. The molecular weight excluding hydrogens is 342 g/mol. The van der Waals surface area contributed by atoms with Crippen LogP contribution in [0.1, 0.15) is 21.7 Å². The summed E-state index contributed by atoms with van der Waals surface area (Å²) in [5.74, 6) is -0.281. The van der Waals surface area contributed by atoms with E-state index in [9.17, 15) is 9.59 Å². The quantitative estimate of drug-likeness (QED) is 0.634. The predicted molar refractivity (Wildman–Crippen MR) is 102 cm³/mol. The highest BCUT2D eigenvalue weighted by Crippen LogP contribution is 2.08. The summed E-state index contributed by atoms with van der Waals surface area (Å²) in [5, 5.41) is 5.47. The fourth-order valence-corrected chi connectivity index (χ4v) is 2.42. The minimum atomic E-state index is -0.389. The van der Waals surface area contributed by atoms with E-state index in [4.69, 9.17) is 4.42 Å². The number of nitrogens with one attached hydrogen (secondary N) is 2. The summed E-state index contributed by atoms with van der Waals surface area (Å²) in [4.78, 5) is 29.0. The molecular formula is C21H19N3O3. The van der Waals surface area contributed by atoms with Gasteiger partial charge in [-0.3, -0.25) is 14.6 Å². The fraction of sp³-hybridized carbons (Fsp3) is 0.0952. The normalized spacial score (nSPS) is 11.0. The molecule has 2 heterocycles. The van der Waals surface area contributed by atoms with Gasteiger partial charge in [-0.1, -0.05) is 24.3 Å². The van der Waals surface area contributed by atoms with Crippen molar-refractivity contribution in [2.75, 3.05) is 6.54 Å². The Morgan fingerprint density at radius 1 is 1.04 bits per heavy atom. The van der Waals surface area contributed by atoms with Crippen LogP contribution in [-0.4, -0.2) is 23.3 Å². The zero-order valence-electron chi connectivity index (χ0n) is 14.6. The molecule has 6 heteroatoms. The van der Waals surface area contributed by atoms with Crippen LogP contribution in [0.3, 0.4) is 0 Å². The molecule has 0 aliphatic rings. The highest BCUT2D eigenvalue weighted by molar-refractivity contribution is 6.05. The molecule has 27 heavy (non-hydrogen) atoms. The van der Waals surface area contributed by atoms with Crippen molar-refractivity contribution in [3.8, 4) is 0 Å². The molecule has 6 nitrogen and oxygen atoms in total. The van der Waals surface area contributed by atoms with Crippen molar-refractivity contribution in [2.45, 2.75) is 6.42 Å². The number of furan rings is 1. The van der Waals surface area contributed by atoms with Gasteiger partial charge in [-0.15, -0.1) is 0 Å². The minimum absolute atomic E-state index is 0.116. The molecule has 0 fully saturated rings. The highest BCUT2D eigenvalue weighted by Gasteiger charge is 2.15. The zero-order valence-corrected chi connectivity index (χ0v) is 14.6. The molecule has 3 aromatic rings. The van der Waals surface area contributed by atoms with Crippen LogP contribution in [0.5, 0.6) is 0 Å². The molecule has 1 aromatic carbocycles. The minimum Gasteiger partial charge on any atom is -0.465 e. The van der Waals surface area contributed by atoms with E-state index in [0.717, 1.165) is 5.56 Å². The number of hydrogen-bond acceptors (Lipinski definition) is 4. The molecule has 2 amide bonds. The predicted octanol–water partition coefficient (Wildman–Crippen LogP) is 2.80. The number of benzene rings is 1. The maximum absolute atomic E-state index is 12.6. The molecule has 3 rings (SSSR count). The van der Waals surface area contributed by atoms with Gasteiger partial charge in [-0.05, 0) is 42.3 Å². The summed E-state index contributed by atoms with van der Waals surface area (Å²) in [6, 6.07) is 15.9. The first-order valence-corrected chi connectivity index (χ1v) is 8.51. The van der Waals surface area contributed by atoms with Crippen LogP contribution in [-0.2, 0) is 11.2 Å². The van der Waals surface area contributed by atoms with Crippen LogP contribution in [0.15, 0.2) is 83.4 Å². The summed E-state index contributed by atoms with van der Waals surface area (Å²) >= 11 is 0. The van der Waals surface area contributed by atoms with Gasteiger partial charge in [-0.2, -0.15) is 0 Å². The van der Waals surface area contributed by atoms with Gasteiger partial charge in [0.1, 0.15) is 11.5 Å². The van der Waals surface area contributed by atoms with E-state index in [1.54, 1.807) is 48.8 Å². The molecule has 0 spiro atoms. The van der Waals surface area contributed by atoms with Crippen LogP contribution in [0.25, 0.3) is 6.08 Å². The largest absolute Gasteiger partial charge is 0.465 e. The topological polar surface area (TPSA) is 84.2 Å². The lowest BCUT2D eigenvalue weighted by Crippen LogP contribution is -2.35. The lowest BCUT2D eigenvalue weighted by molar-refractivity contribution is -0.117. The third kappa shape index (κ3) is 5.40. The number of carbonyl (C=O) groups excluding carboxylic acids is 2. The molecule has 0 saturated carbocycles. The number of amides is 2. The number of aromatic nitrogens is 1. The molecule has 0 bridgehead atoms. The van der Waals surface area contributed by atoms with E-state index in [1.165, 1.54) is 12.3 Å². The average Bonchev–Trinajstić information content (AvgIpc) is 3.22. The van der Waals surface area contributed by atoms with Crippen molar-refractivity contribution in [3.05, 3.63) is 95.8 Å². The van der Waals surface area contributed by atoms with Crippen LogP contribution in [0, 0.1) is 0 Å². The van der Waals surface area contributed by atoms with Crippen molar-refractivity contribution in [1.82, 2.24) is 15.6 Å². The Labute approximate surface area is 156 Å². The second kappa shape index (κ2) is 9.15. The maximum atomic E-state index is 12.6. The third-order valence-corrected chi connectivity index (χ3v) is 3.78. The second-order valence-corrected chi connectivity index (χ2v) is 5.76. The van der Waals surface area contributed by atoms with E-state index in [1.807, 2.05) is 18.2 Å². The van der Waals surface area contributed by atoms with Gasteiger partial charge in [0.05, 0.1) is 6.26 Å². The maximum Gasteiger partial charge on any atom is 0.267 e. The molecule has 0 radical (unpaired) electrons. The summed E-state index contributed by atoms with van der Waals surface area (Å²) in [6.07, 6.45) is 7.09. The Hall–Kier alpha value is -3.67. The Bertz CT molecular complexity index is 904. The van der Waals surface area contributed by atoms with Crippen LogP contribution >= 0.6 is 0 Å². The Morgan fingerprint density at radius 3 is 2.59 bits per heavy atom. The van der Waals surface area contributed by atoms with Crippen molar-refractivity contribution >= 4 is 17.9 Å². The van der Waals surface area contributed by atoms with Crippen molar-refractivity contribution in [2.24, 2.45) is 0 Å². The SMILES string of the molecule is O=C(NCCc1cccnc1)C(=Cc1ccco1)NC(=O)c1ccccc1. The molecule has 2 N–H and O–H groups in total. The van der Waals surface area contributed by atoms with Crippen molar-refractivity contribution < 1.29 is 14.0 Å². The lowest BCUT2D eigenvalue weighted by atomic mass is 10.2. The Kier molecular flexibility index (Phi) is 6.14. The Morgan fingerprint density at radius 2 is 1.89 bits per heavy atom. The van der Waals surface area contributed by atoms with E-state index in [2.05, 4.69) is 15.6 Å². The smallest absolute Gasteiger partial charge is 0.267 e. The molecule has 2 aromatic heterocycles. The van der Waals surface area contributed by atoms with E-state index >= 15 is 0 Å². The first-order valence-electron chi connectivity index (χ1n) is 8.51. The molecule has 0 aliphatic carbocycles. The van der Waals surface area contributed by atoms with Crippen molar-refractivity contribution in [1.29, 1.82) is 0 Å². The fourth-order valence-electron chi connectivity index (χ4n) is 2.42. The van der Waals surface area contributed by atoms with Gasteiger partial charge < -0.3 is 15.1 Å². The zero-order chi connectivity index (χ0) is 18.9. The number of rotatable bonds is 7. The molecule has 0 aliphatic heterocycles. The Balaban J connectivity index is 1.68. The molecule has 136 valence electrons. The summed E-state index contributed by atoms with van der Waals surface area (Å²) in [6.45, 7) is 0.418. The van der Waals surface area contributed by atoms with E-state index in [0.29, 0.717) is 24.3 Å². The monoisotopic (exact) mass is 361 g/mol. The lowest BCUT2D eigenvalue weighted by Gasteiger charge is -2.11. The van der Waals surface area contributed by atoms with E-state index in [-0.39, 0.29) is 17.5 Å². The number of carbonyl (C=O) groups is 2. The first kappa shape index (κ1) is 18.1. The summed E-state index contributed by atoms with van der Waals surface area (Å²) in [7, 11) is 0. The highest BCUT2D eigenvalue weighted by atomic mass is 16.3. The number of nitrogens with zero attached hydrogens (tertiary/aromatic N) is 1. The standard InChI is InChI=1S/C21H19N3O3/c25-20(17-7-2-1-3-8-17)24-19(14-18-9-5-13-27-18)21(26)23-12-10-16-6-4-11-22-15-16/h1-9,11,13-15H,10,12H2,(H,23,26)(H,24,25). The van der Waals surface area contributed by atoms with Gasteiger partial charge in [-0.25, -0.2) is 0 Å². The molecule has 0 unspecified atom stereocenters. The number of hydrogen-bond donors (Lipinski definition) is 2. The van der Waals surface area contributed by atoms with Gasteiger partial charge in [0.15, 0.2) is 0 Å². The van der Waals surface area contributed by atoms with Gasteiger partial charge >= 0.3 is 0 Å². The van der Waals surface area contributed by atoms with Gasteiger partial charge in [0.2, 0.25) is 0 Å².